The van der Waals surface area contributed by atoms with Crippen LogP contribution in [0, 0.1) is 17.6 Å². The van der Waals surface area contributed by atoms with Crippen molar-refractivity contribution in [3.05, 3.63) is 33.8 Å². The summed E-state index contributed by atoms with van der Waals surface area (Å²) in [6.07, 6.45) is 6.93. The highest BCUT2D eigenvalue weighted by atomic mass is 79.9. The Morgan fingerprint density at radius 3 is 2.58 bits per heavy atom. The smallest absolute Gasteiger partial charge is 0.145 e. The molecular weight excluding hydrogens is 312 g/mol. The van der Waals surface area contributed by atoms with Gasteiger partial charge < -0.3 is 5.32 Å². The number of hydrogen-bond donors (Lipinski definition) is 1. The molecular formula is C15H20BrF2N. The molecule has 1 aromatic rings. The lowest BCUT2D eigenvalue weighted by Gasteiger charge is -2.27. The Morgan fingerprint density at radius 1 is 1.26 bits per heavy atom. The second-order valence-electron chi connectivity index (χ2n) is 5.34. The van der Waals surface area contributed by atoms with Crippen LogP contribution >= 0.6 is 15.9 Å². The summed E-state index contributed by atoms with van der Waals surface area (Å²) in [7, 11) is 1.77. The first-order valence-electron chi connectivity index (χ1n) is 6.94. The third-order valence-electron chi connectivity index (χ3n) is 4.07. The van der Waals surface area contributed by atoms with Crippen LogP contribution in [0.15, 0.2) is 16.6 Å². The van der Waals surface area contributed by atoms with Gasteiger partial charge in [-0.25, -0.2) is 8.78 Å². The van der Waals surface area contributed by atoms with E-state index in [1.807, 2.05) is 0 Å². The zero-order chi connectivity index (χ0) is 13.8. The van der Waals surface area contributed by atoms with Gasteiger partial charge in [0.15, 0.2) is 0 Å². The molecule has 1 nitrogen and oxygen atoms in total. The van der Waals surface area contributed by atoms with E-state index in [0.29, 0.717) is 10.4 Å². The van der Waals surface area contributed by atoms with Gasteiger partial charge in [0.25, 0.3) is 0 Å². The molecule has 1 fully saturated rings. The Bertz CT molecular complexity index is 430. The molecule has 1 aliphatic carbocycles. The topological polar surface area (TPSA) is 12.0 Å². The van der Waals surface area contributed by atoms with Gasteiger partial charge in [0.05, 0.1) is 4.47 Å². The Morgan fingerprint density at radius 2 is 1.95 bits per heavy atom. The fourth-order valence-electron chi connectivity index (χ4n) is 3.00. The van der Waals surface area contributed by atoms with Gasteiger partial charge in [0.1, 0.15) is 11.6 Å². The van der Waals surface area contributed by atoms with Crippen LogP contribution in [-0.4, -0.2) is 7.05 Å². The van der Waals surface area contributed by atoms with Crippen LogP contribution in [0.25, 0.3) is 0 Å². The predicted octanol–water partition coefficient (Wildman–Crippen LogP) is 4.96. The minimum Gasteiger partial charge on any atom is -0.313 e. The Balaban J connectivity index is 2.19. The molecule has 0 radical (unpaired) electrons. The first kappa shape index (κ1) is 14.9. The van der Waals surface area contributed by atoms with Crippen LogP contribution in [-0.2, 0) is 0 Å². The number of rotatable bonds is 4. The van der Waals surface area contributed by atoms with Gasteiger partial charge in [-0.05, 0) is 47.4 Å². The van der Waals surface area contributed by atoms with E-state index < -0.39 is 11.6 Å². The van der Waals surface area contributed by atoms with E-state index in [9.17, 15) is 8.78 Å². The van der Waals surface area contributed by atoms with Gasteiger partial charge in [-0.1, -0.05) is 32.1 Å². The molecule has 19 heavy (non-hydrogen) atoms. The lowest BCUT2D eigenvalue weighted by atomic mass is 9.83. The van der Waals surface area contributed by atoms with Crippen LogP contribution in [0.4, 0.5) is 8.78 Å². The Labute approximate surface area is 121 Å². The van der Waals surface area contributed by atoms with Gasteiger partial charge in [-0.15, -0.1) is 0 Å². The van der Waals surface area contributed by atoms with Crippen LogP contribution in [0.1, 0.15) is 50.1 Å². The van der Waals surface area contributed by atoms with E-state index in [1.165, 1.54) is 44.2 Å². The molecule has 4 heteroatoms. The van der Waals surface area contributed by atoms with E-state index in [-0.39, 0.29) is 11.6 Å². The first-order chi connectivity index (χ1) is 9.13. The summed E-state index contributed by atoms with van der Waals surface area (Å²) >= 11 is 3.13. The number of nitrogens with one attached hydrogen (secondary N) is 1. The van der Waals surface area contributed by atoms with Gasteiger partial charge >= 0.3 is 0 Å². The van der Waals surface area contributed by atoms with Gasteiger partial charge in [0.2, 0.25) is 0 Å². The quantitative estimate of drug-likeness (QED) is 0.769. The molecule has 1 N–H and O–H groups in total. The van der Waals surface area contributed by atoms with Crippen molar-refractivity contribution in [2.75, 3.05) is 7.05 Å². The summed E-state index contributed by atoms with van der Waals surface area (Å²) < 4.78 is 28.4. The van der Waals surface area contributed by atoms with E-state index in [1.54, 1.807) is 7.05 Å². The summed E-state index contributed by atoms with van der Waals surface area (Å²) in [6.45, 7) is 0. The lowest BCUT2D eigenvalue weighted by molar-refractivity contribution is 0.299. The van der Waals surface area contributed by atoms with Gasteiger partial charge in [0, 0.05) is 11.6 Å². The largest absolute Gasteiger partial charge is 0.313 e. The normalized spacial score (nSPS) is 18.5. The molecule has 106 valence electrons. The van der Waals surface area contributed by atoms with Gasteiger partial charge in [-0.3, -0.25) is 0 Å². The van der Waals surface area contributed by atoms with E-state index in [4.69, 9.17) is 0 Å². The third kappa shape index (κ3) is 3.54. The van der Waals surface area contributed by atoms with Crippen molar-refractivity contribution >= 4 is 15.9 Å². The fourth-order valence-corrected chi connectivity index (χ4v) is 3.34. The zero-order valence-electron chi connectivity index (χ0n) is 11.2. The standard InChI is InChI=1S/C15H20BrF2N/c1-19-13(9-10-5-3-2-4-6-10)14-12(17)8-7-11(16)15(14)18/h7-8,10,13,19H,2-6,9H2,1H3. The number of benzene rings is 1. The number of hydrogen-bond acceptors (Lipinski definition) is 1. The molecule has 0 spiro atoms. The molecule has 0 saturated heterocycles. The second kappa shape index (κ2) is 6.80. The average molecular weight is 332 g/mol. The second-order valence-corrected chi connectivity index (χ2v) is 6.19. The SMILES string of the molecule is CNC(CC1CCCCC1)c1c(F)ccc(Br)c1F. The van der Waals surface area contributed by atoms with Crippen LogP contribution in [0.3, 0.4) is 0 Å². The van der Waals surface area contributed by atoms with Crippen molar-refractivity contribution in [2.45, 2.75) is 44.6 Å². The fraction of sp³-hybridized carbons (Fsp3) is 0.600. The maximum Gasteiger partial charge on any atom is 0.145 e. The lowest BCUT2D eigenvalue weighted by Crippen LogP contribution is -2.23. The average Bonchev–Trinajstić information content (AvgIpc) is 2.43. The van der Waals surface area contributed by atoms with Crippen molar-refractivity contribution in [3.8, 4) is 0 Å². The van der Waals surface area contributed by atoms with Crippen molar-refractivity contribution in [2.24, 2.45) is 5.92 Å². The molecule has 2 rings (SSSR count). The minimum atomic E-state index is -0.477. The molecule has 1 saturated carbocycles. The van der Waals surface area contributed by atoms with Crippen molar-refractivity contribution in [1.82, 2.24) is 5.32 Å². The molecule has 0 bridgehead atoms. The predicted molar refractivity (Wildman–Crippen MR) is 77.1 cm³/mol. The Hall–Kier alpha value is -0.480. The highest BCUT2D eigenvalue weighted by molar-refractivity contribution is 9.10. The molecule has 0 aromatic heterocycles. The molecule has 1 atom stereocenters. The maximum atomic E-state index is 14.1. The molecule has 1 aliphatic rings. The summed E-state index contributed by atoms with van der Waals surface area (Å²) in [5, 5.41) is 3.07. The molecule has 0 amide bonds. The van der Waals surface area contributed by atoms with E-state index in [2.05, 4.69) is 21.2 Å². The monoisotopic (exact) mass is 331 g/mol. The zero-order valence-corrected chi connectivity index (χ0v) is 12.8. The van der Waals surface area contributed by atoms with Crippen molar-refractivity contribution in [3.63, 3.8) is 0 Å². The summed E-state index contributed by atoms with van der Waals surface area (Å²) in [5.74, 6) is -0.366. The van der Waals surface area contributed by atoms with E-state index in [0.717, 1.165) is 6.42 Å². The molecule has 1 unspecified atom stereocenters. The van der Waals surface area contributed by atoms with Crippen molar-refractivity contribution < 1.29 is 8.78 Å². The maximum absolute atomic E-state index is 14.1. The highest BCUT2D eigenvalue weighted by Crippen LogP contribution is 2.34. The van der Waals surface area contributed by atoms with Crippen LogP contribution in [0.5, 0.6) is 0 Å². The summed E-state index contributed by atoms with van der Waals surface area (Å²) in [4.78, 5) is 0. The summed E-state index contributed by atoms with van der Waals surface area (Å²) in [5.41, 5.74) is 0.169. The van der Waals surface area contributed by atoms with E-state index >= 15 is 0 Å². The Kier molecular flexibility index (Phi) is 5.34. The van der Waals surface area contributed by atoms with Crippen molar-refractivity contribution in [1.29, 1.82) is 0 Å². The highest BCUT2D eigenvalue weighted by Gasteiger charge is 2.24. The van der Waals surface area contributed by atoms with Crippen LogP contribution in [0.2, 0.25) is 0 Å². The minimum absolute atomic E-state index is 0.169. The molecule has 1 aromatic carbocycles. The number of halogens is 3. The molecule has 0 aliphatic heterocycles. The molecule has 0 heterocycles. The summed E-state index contributed by atoms with van der Waals surface area (Å²) in [6, 6.07) is 2.50. The third-order valence-corrected chi connectivity index (χ3v) is 4.68. The first-order valence-corrected chi connectivity index (χ1v) is 7.73. The van der Waals surface area contributed by atoms with Crippen LogP contribution < -0.4 is 5.32 Å². The van der Waals surface area contributed by atoms with Gasteiger partial charge in [-0.2, -0.15) is 0 Å².